The quantitative estimate of drug-likeness (QED) is 0.616. The second-order valence-corrected chi connectivity index (χ2v) is 7.37. The van der Waals surface area contributed by atoms with E-state index in [9.17, 15) is 22.0 Å². The number of carbonyl (C=O) groups excluding carboxylic acids is 1. The number of nitrogens with zero attached hydrogens (tertiary/aromatic N) is 2. The molecular weight excluding hydrogens is 364 g/mol. The number of carbonyl (C=O) groups is 1. The largest absolute Gasteiger partial charge is 0.271 e. The molecule has 1 N–H and O–H groups in total. The van der Waals surface area contributed by atoms with E-state index in [4.69, 9.17) is 0 Å². The molecule has 9 heteroatoms. The van der Waals surface area contributed by atoms with Crippen LogP contribution in [0.4, 0.5) is 14.5 Å². The molecule has 2 aromatic carbocycles. The van der Waals surface area contributed by atoms with Crippen LogP contribution in [0.2, 0.25) is 0 Å². The average molecular weight is 381 g/mol. The number of rotatable bonds is 6. The number of amides is 1. The van der Waals surface area contributed by atoms with Crippen LogP contribution in [0.1, 0.15) is 12.5 Å². The third-order valence-corrected chi connectivity index (χ3v) is 4.55. The molecular formula is C17H17F2N3O3S. The highest BCUT2D eigenvalue weighted by molar-refractivity contribution is 7.92. The van der Waals surface area contributed by atoms with Gasteiger partial charge < -0.3 is 0 Å². The predicted molar refractivity (Wildman–Crippen MR) is 95.3 cm³/mol. The summed E-state index contributed by atoms with van der Waals surface area (Å²) in [4.78, 5) is 12.1. The molecule has 0 radical (unpaired) electrons. The smallest absolute Gasteiger partial charge is 0.260 e. The Balaban J connectivity index is 2.14. The minimum absolute atomic E-state index is 0.232. The lowest BCUT2D eigenvalue weighted by Crippen LogP contribution is -2.39. The monoisotopic (exact) mass is 381 g/mol. The molecule has 2 rings (SSSR count). The molecule has 0 bridgehead atoms. The molecule has 0 aliphatic carbocycles. The second kappa shape index (κ2) is 8.05. The summed E-state index contributed by atoms with van der Waals surface area (Å²) in [6.07, 6.45) is 0.875. The lowest BCUT2D eigenvalue weighted by Gasteiger charge is -2.21. The molecule has 0 unspecified atom stereocenters. The lowest BCUT2D eigenvalue weighted by atomic mass is 10.1. The highest BCUT2D eigenvalue weighted by atomic mass is 32.2. The van der Waals surface area contributed by atoms with Crippen molar-refractivity contribution in [2.45, 2.75) is 6.92 Å². The van der Waals surface area contributed by atoms with E-state index in [0.717, 1.165) is 12.3 Å². The highest BCUT2D eigenvalue weighted by Gasteiger charge is 2.23. The molecule has 0 heterocycles. The van der Waals surface area contributed by atoms with Gasteiger partial charge in [0.15, 0.2) is 0 Å². The van der Waals surface area contributed by atoms with Gasteiger partial charge in [0.05, 0.1) is 17.7 Å². The number of nitrogens with one attached hydrogen (secondary N) is 1. The summed E-state index contributed by atoms with van der Waals surface area (Å²) >= 11 is 0. The van der Waals surface area contributed by atoms with Crippen LogP contribution in [0.5, 0.6) is 0 Å². The summed E-state index contributed by atoms with van der Waals surface area (Å²) in [5.41, 5.74) is 2.96. The minimum atomic E-state index is -3.89. The van der Waals surface area contributed by atoms with Crippen molar-refractivity contribution >= 4 is 27.3 Å². The van der Waals surface area contributed by atoms with E-state index in [2.05, 4.69) is 10.5 Å². The molecule has 26 heavy (non-hydrogen) atoms. The number of hydrogen-bond donors (Lipinski definition) is 1. The average Bonchev–Trinajstić information content (AvgIpc) is 2.58. The topological polar surface area (TPSA) is 78.8 Å². The van der Waals surface area contributed by atoms with Crippen LogP contribution >= 0.6 is 0 Å². The molecule has 138 valence electrons. The maximum Gasteiger partial charge on any atom is 0.260 e. The SMILES string of the molecule is C/C(=N/NC(=O)CN(c1ccccc1F)S(C)(=O)=O)c1ccc(F)cc1. The number of hydrazone groups is 1. The van der Waals surface area contributed by atoms with Crippen LogP contribution in [0, 0.1) is 11.6 Å². The molecule has 0 saturated heterocycles. The number of benzene rings is 2. The van der Waals surface area contributed by atoms with Crippen LogP contribution in [0.3, 0.4) is 0 Å². The van der Waals surface area contributed by atoms with Gasteiger partial charge in [-0.25, -0.2) is 22.6 Å². The molecule has 1 amide bonds. The molecule has 0 atom stereocenters. The summed E-state index contributed by atoms with van der Waals surface area (Å²) in [7, 11) is -3.89. The third-order valence-electron chi connectivity index (χ3n) is 3.42. The van der Waals surface area contributed by atoms with Crippen molar-refractivity contribution in [2.75, 3.05) is 17.1 Å². The van der Waals surface area contributed by atoms with Crippen LogP contribution in [-0.2, 0) is 14.8 Å². The summed E-state index contributed by atoms with van der Waals surface area (Å²) < 4.78 is 51.3. The van der Waals surface area contributed by atoms with Gasteiger partial charge in [-0.1, -0.05) is 24.3 Å². The molecule has 0 fully saturated rings. The van der Waals surface area contributed by atoms with Gasteiger partial charge in [0.25, 0.3) is 5.91 Å². The van der Waals surface area contributed by atoms with E-state index in [1.165, 1.54) is 42.5 Å². The van der Waals surface area contributed by atoms with Gasteiger partial charge in [-0.05, 0) is 36.8 Å². The molecule has 0 aliphatic rings. The van der Waals surface area contributed by atoms with Gasteiger partial charge in [-0.2, -0.15) is 5.10 Å². The van der Waals surface area contributed by atoms with Crippen LogP contribution in [0.15, 0.2) is 53.6 Å². The van der Waals surface area contributed by atoms with Crippen molar-refractivity contribution in [1.82, 2.24) is 5.43 Å². The number of sulfonamides is 1. The standard InChI is InChI=1S/C17H17F2N3O3S/c1-12(13-7-9-14(18)10-8-13)20-21-17(23)11-22(26(2,24)25)16-6-4-3-5-15(16)19/h3-10H,11H2,1-2H3,(H,21,23)/b20-12-. The highest BCUT2D eigenvalue weighted by Crippen LogP contribution is 2.20. The number of halogens is 2. The Hall–Kier alpha value is -2.81. The normalized spacial score (nSPS) is 11.9. The Labute approximate surface area is 150 Å². The fraction of sp³-hybridized carbons (Fsp3) is 0.176. The predicted octanol–water partition coefficient (Wildman–Crippen LogP) is 2.27. The lowest BCUT2D eigenvalue weighted by molar-refractivity contribution is -0.119. The third kappa shape index (κ3) is 5.09. The molecule has 0 spiro atoms. The van der Waals surface area contributed by atoms with Gasteiger partial charge in [0.1, 0.15) is 18.2 Å². The van der Waals surface area contributed by atoms with E-state index in [1.807, 2.05) is 0 Å². The summed E-state index contributed by atoms with van der Waals surface area (Å²) in [6.45, 7) is 0.957. The van der Waals surface area contributed by atoms with Crippen LogP contribution in [0.25, 0.3) is 0 Å². The first-order chi connectivity index (χ1) is 12.2. The molecule has 0 saturated carbocycles. The van der Waals surface area contributed by atoms with Crippen LogP contribution < -0.4 is 9.73 Å². The van der Waals surface area contributed by atoms with Gasteiger partial charge in [0, 0.05) is 0 Å². The Morgan fingerprint density at radius 3 is 2.31 bits per heavy atom. The van der Waals surface area contributed by atoms with Gasteiger partial charge in [0.2, 0.25) is 10.0 Å². The molecule has 2 aromatic rings. The van der Waals surface area contributed by atoms with Crippen molar-refractivity contribution in [1.29, 1.82) is 0 Å². The zero-order valence-electron chi connectivity index (χ0n) is 14.1. The van der Waals surface area contributed by atoms with E-state index < -0.39 is 34.1 Å². The van der Waals surface area contributed by atoms with Crippen molar-refractivity contribution in [3.05, 3.63) is 65.7 Å². The summed E-state index contributed by atoms with van der Waals surface area (Å²) in [5.74, 6) is -1.92. The minimum Gasteiger partial charge on any atom is -0.271 e. The first-order valence-corrected chi connectivity index (χ1v) is 9.34. The van der Waals surface area contributed by atoms with Gasteiger partial charge >= 0.3 is 0 Å². The van der Waals surface area contributed by atoms with E-state index in [-0.39, 0.29) is 5.69 Å². The van der Waals surface area contributed by atoms with E-state index >= 15 is 0 Å². The molecule has 0 aromatic heterocycles. The van der Waals surface area contributed by atoms with Crippen LogP contribution in [-0.4, -0.2) is 32.8 Å². The fourth-order valence-electron chi connectivity index (χ4n) is 2.10. The van der Waals surface area contributed by atoms with Crippen molar-refractivity contribution < 1.29 is 22.0 Å². The van der Waals surface area contributed by atoms with E-state index in [1.54, 1.807) is 6.92 Å². The Kier molecular flexibility index (Phi) is 6.04. The Bertz CT molecular complexity index is 929. The maximum atomic E-state index is 13.9. The first-order valence-electron chi connectivity index (χ1n) is 7.50. The Morgan fingerprint density at radius 1 is 1.12 bits per heavy atom. The molecule has 0 aliphatic heterocycles. The Morgan fingerprint density at radius 2 is 1.73 bits per heavy atom. The summed E-state index contributed by atoms with van der Waals surface area (Å²) in [6, 6.07) is 10.7. The first kappa shape index (κ1) is 19.5. The van der Waals surface area contributed by atoms with Gasteiger partial charge in [-0.15, -0.1) is 0 Å². The van der Waals surface area contributed by atoms with E-state index in [0.29, 0.717) is 15.6 Å². The van der Waals surface area contributed by atoms with Gasteiger partial charge in [-0.3, -0.25) is 9.10 Å². The summed E-state index contributed by atoms with van der Waals surface area (Å²) in [5, 5.41) is 3.85. The number of anilines is 1. The van der Waals surface area contributed by atoms with Crippen molar-refractivity contribution in [3.8, 4) is 0 Å². The number of para-hydroxylation sites is 1. The zero-order valence-corrected chi connectivity index (χ0v) is 14.9. The maximum absolute atomic E-state index is 13.9. The zero-order chi connectivity index (χ0) is 19.3. The second-order valence-electron chi connectivity index (χ2n) is 5.46. The van der Waals surface area contributed by atoms with Crippen molar-refractivity contribution in [3.63, 3.8) is 0 Å². The number of hydrogen-bond acceptors (Lipinski definition) is 4. The van der Waals surface area contributed by atoms with Crippen molar-refractivity contribution in [2.24, 2.45) is 5.10 Å². The fourth-order valence-corrected chi connectivity index (χ4v) is 2.96. The molecule has 6 nitrogen and oxygen atoms in total.